The molecule has 2 aromatic rings. The van der Waals surface area contributed by atoms with Gasteiger partial charge in [0.15, 0.2) is 0 Å². The molecule has 6 nitrogen and oxygen atoms in total. The lowest BCUT2D eigenvalue weighted by Crippen LogP contribution is -2.55. The standard InChI is InChI=1S/C22H30N2O4S/c1-15(2)12-18(14-25)23-21(26)20(22(3,4)5)24-29(27,28)19-11-10-16-8-6-7-9-17(16)13-19/h6-11,13-15,18,20,24H,12H2,1-5H3,(H,23,26)/t18-,20+/m0/s1. The lowest BCUT2D eigenvalue weighted by atomic mass is 9.86. The van der Waals surface area contributed by atoms with Crippen LogP contribution in [0.4, 0.5) is 0 Å². The molecule has 0 aliphatic heterocycles. The SMILES string of the molecule is CC(C)C[C@@H](C=O)NC(=O)[C@@H](NS(=O)(=O)c1ccc2ccccc2c1)C(C)(C)C. The van der Waals surface area contributed by atoms with E-state index in [4.69, 9.17) is 0 Å². The average Bonchev–Trinajstić information content (AvgIpc) is 2.63. The number of fused-ring (bicyclic) bond motifs is 1. The van der Waals surface area contributed by atoms with E-state index in [0.29, 0.717) is 12.7 Å². The number of hydrogen-bond acceptors (Lipinski definition) is 4. The summed E-state index contributed by atoms with van der Waals surface area (Å²) < 4.78 is 28.6. The first-order chi connectivity index (χ1) is 13.4. The maximum atomic E-state index is 13.0. The Labute approximate surface area is 173 Å². The van der Waals surface area contributed by atoms with Gasteiger partial charge in [0.05, 0.1) is 10.9 Å². The Bertz CT molecular complexity index is 978. The molecule has 2 aromatic carbocycles. The minimum Gasteiger partial charge on any atom is -0.345 e. The van der Waals surface area contributed by atoms with Gasteiger partial charge in [-0.05, 0) is 40.7 Å². The number of amides is 1. The fraction of sp³-hybridized carbons (Fsp3) is 0.455. The van der Waals surface area contributed by atoms with Crippen LogP contribution < -0.4 is 10.0 Å². The second kappa shape index (κ2) is 9.05. The zero-order valence-corrected chi connectivity index (χ0v) is 18.4. The maximum absolute atomic E-state index is 13.0. The van der Waals surface area contributed by atoms with Crippen molar-refractivity contribution in [2.75, 3.05) is 0 Å². The van der Waals surface area contributed by atoms with E-state index >= 15 is 0 Å². The summed E-state index contributed by atoms with van der Waals surface area (Å²) in [5, 5.41) is 4.40. The van der Waals surface area contributed by atoms with Crippen molar-refractivity contribution >= 4 is 33.0 Å². The van der Waals surface area contributed by atoms with Crippen LogP contribution in [0.5, 0.6) is 0 Å². The van der Waals surface area contributed by atoms with E-state index in [1.54, 1.807) is 32.9 Å². The third-order valence-electron chi connectivity index (χ3n) is 4.65. The average molecular weight is 419 g/mol. The quantitative estimate of drug-likeness (QED) is 0.644. The van der Waals surface area contributed by atoms with Crippen LogP contribution in [0.1, 0.15) is 41.0 Å². The second-order valence-corrected chi connectivity index (χ2v) is 10.5. The number of nitrogens with one attached hydrogen (secondary N) is 2. The lowest BCUT2D eigenvalue weighted by molar-refractivity contribution is -0.127. The molecule has 0 aliphatic rings. The van der Waals surface area contributed by atoms with Crippen molar-refractivity contribution in [3.63, 3.8) is 0 Å². The molecule has 7 heteroatoms. The van der Waals surface area contributed by atoms with E-state index in [-0.39, 0.29) is 10.8 Å². The summed E-state index contributed by atoms with van der Waals surface area (Å²) >= 11 is 0. The maximum Gasteiger partial charge on any atom is 0.241 e. The molecular formula is C22H30N2O4S. The molecule has 0 radical (unpaired) electrons. The van der Waals surface area contributed by atoms with Crippen molar-refractivity contribution in [3.8, 4) is 0 Å². The number of hydrogen-bond donors (Lipinski definition) is 2. The molecule has 158 valence electrons. The zero-order valence-electron chi connectivity index (χ0n) is 17.6. The largest absolute Gasteiger partial charge is 0.345 e. The van der Waals surface area contributed by atoms with Crippen molar-refractivity contribution in [2.24, 2.45) is 11.3 Å². The smallest absolute Gasteiger partial charge is 0.241 e. The third kappa shape index (κ3) is 6.11. The van der Waals surface area contributed by atoms with Gasteiger partial charge in [0.25, 0.3) is 0 Å². The number of rotatable bonds is 8. The van der Waals surface area contributed by atoms with Gasteiger partial charge in [0.1, 0.15) is 12.3 Å². The molecule has 2 rings (SSSR count). The monoisotopic (exact) mass is 418 g/mol. The van der Waals surface area contributed by atoms with Gasteiger partial charge in [-0.25, -0.2) is 8.42 Å². The van der Waals surface area contributed by atoms with Crippen LogP contribution in [0.2, 0.25) is 0 Å². The first kappa shape index (κ1) is 23.0. The molecule has 0 heterocycles. The van der Waals surface area contributed by atoms with Crippen LogP contribution in [0, 0.1) is 11.3 Å². The Balaban J connectivity index is 2.30. The number of sulfonamides is 1. The van der Waals surface area contributed by atoms with Crippen LogP contribution >= 0.6 is 0 Å². The number of carbonyl (C=O) groups excluding carboxylic acids is 2. The molecular weight excluding hydrogens is 388 g/mol. The Kier molecular flexibility index (Phi) is 7.19. The van der Waals surface area contributed by atoms with Crippen molar-refractivity contribution < 1.29 is 18.0 Å². The minimum atomic E-state index is -3.94. The molecule has 1 amide bonds. The van der Waals surface area contributed by atoms with Gasteiger partial charge in [0.2, 0.25) is 15.9 Å². The molecule has 0 aliphatic carbocycles. The summed E-state index contributed by atoms with van der Waals surface area (Å²) in [6.45, 7) is 9.23. The Morgan fingerprint density at radius 3 is 2.24 bits per heavy atom. The molecule has 2 atom stereocenters. The molecule has 0 saturated carbocycles. The van der Waals surface area contributed by atoms with Gasteiger partial charge in [-0.15, -0.1) is 0 Å². The van der Waals surface area contributed by atoms with Gasteiger partial charge in [-0.3, -0.25) is 4.79 Å². The van der Waals surface area contributed by atoms with Crippen LogP contribution in [0.3, 0.4) is 0 Å². The highest BCUT2D eigenvalue weighted by atomic mass is 32.2. The van der Waals surface area contributed by atoms with Gasteiger partial charge >= 0.3 is 0 Å². The van der Waals surface area contributed by atoms with Gasteiger partial charge in [0, 0.05) is 0 Å². The van der Waals surface area contributed by atoms with E-state index in [2.05, 4.69) is 10.0 Å². The molecule has 0 fully saturated rings. The first-order valence-electron chi connectivity index (χ1n) is 9.71. The molecule has 0 aromatic heterocycles. The van der Waals surface area contributed by atoms with Crippen LogP contribution in [-0.4, -0.2) is 32.7 Å². The summed E-state index contributed by atoms with van der Waals surface area (Å²) in [7, 11) is -3.94. The van der Waals surface area contributed by atoms with Crippen molar-refractivity contribution in [2.45, 2.75) is 58.0 Å². The molecule has 0 unspecified atom stereocenters. The highest BCUT2D eigenvalue weighted by Gasteiger charge is 2.36. The predicted molar refractivity (Wildman–Crippen MR) is 115 cm³/mol. The van der Waals surface area contributed by atoms with Crippen molar-refractivity contribution in [1.82, 2.24) is 10.0 Å². The van der Waals surface area contributed by atoms with Gasteiger partial charge < -0.3 is 10.1 Å². The molecule has 0 bridgehead atoms. The van der Waals surface area contributed by atoms with Gasteiger partial charge in [-0.2, -0.15) is 4.72 Å². The van der Waals surface area contributed by atoms with Gasteiger partial charge in [-0.1, -0.05) is 65.0 Å². The normalized spacial score (nSPS) is 14.6. The Morgan fingerprint density at radius 1 is 1.07 bits per heavy atom. The topological polar surface area (TPSA) is 92.3 Å². The first-order valence-corrected chi connectivity index (χ1v) is 11.2. The number of benzene rings is 2. The number of aldehydes is 1. The molecule has 2 N–H and O–H groups in total. The minimum absolute atomic E-state index is 0.0902. The van der Waals surface area contributed by atoms with Crippen molar-refractivity contribution in [1.29, 1.82) is 0 Å². The van der Waals surface area contributed by atoms with Crippen LogP contribution in [0.15, 0.2) is 47.4 Å². The van der Waals surface area contributed by atoms with Crippen LogP contribution in [-0.2, 0) is 19.6 Å². The molecule has 0 spiro atoms. The second-order valence-electron chi connectivity index (χ2n) is 8.81. The van der Waals surface area contributed by atoms with E-state index < -0.39 is 33.4 Å². The van der Waals surface area contributed by atoms with E-state index in [9.17, 15) is 18.0 Å². The predicted octanol–water partition coefficient (Wildman–Crippen LogP) is 3.26. The lowest BCUT2D eigenvalue weighted by Gasteiger charge is -2.31. The highest BCUT2D eigenvalue weighted by molar-refractivity contribution is 7.89. The highest BCUT2D eigenvalue weighted by Crippen LogP contribution is 2.24. The number of carbonyl (C=O) groups is 2. The summed E-state index contributed by atoms with van der Waals surface area (Å²) in [4.78, 5) is 24.3. The van der Waals surface area contributed by atoms with Crippen LogP contribution in [0.25, 0.3) is 10.8 Å². The fourth-order valence-corrected chi connectivity index (χ4v) is 4.54. The fourth-order valence-electron chi connectivity index (χ4n) is 3.10. The summed E-state index contributed by atoms with van der Waals surface area (Å²) in [6.07, 6.45) is 1.18. The molecule has 29 heavy (non-hydrogen) atoms. The van der Waals surface area contributed by atoms with E-state index in [1.807, 2.05) is 38.1 Å². The summed E-state index contributed by atoms with van der Waals surface area (Å²) in [5.41, 5.74) is -0.695. The van der Waals surface area contributed by atoms with Crippen molar-refractivity contribution in [3.05, 3.63) is 42.5 Å². The molecule has 0 saturated heterocycles. The summed E-state index contributed by atoms with van der Waals surface area (Å²) in [6, 6.07) is 10.6. The van der Waals surface area contributed by atoms with E-state index in [1.165, 1.54) is 6.07 Å². The Hall–Kier alpha value is -2.25. The zero-order chi connectivity index (χ0) is 21.8. The summed E-state index contributed by atoms with van der Waals surface area (Å²) in [5.74, 6) is -0.299. The Morgan fingerprint density at radius 2 is 1.69 bits per heavy atom. The van der Waals surface area contributed by atoms with E-state index in [0.717, 1.165) is 10.8 Å². The third-order valence-corrected chi connectivity index (χ3v) is 6.07.